The van der Waals surface area contributed by atoms with Gasteiger partial charge in [-0.2, -0.15) is 4.80 Å². The van der Waals surface area contributed by atoms with Gasteiger partial charge in [-0.1, -0.05) is 41.7 Å². The number of anilines is 1. The summed E-state index contributed by atoms with van der Waals surface area (Å²) in [6, 6.07) is 9.35. The van der Waals surface area contributed by atoms with Gasteiger partial charge >= 0.3 is 5.97 Å². The normalized spacial score (nSPS) is 10.5. The third-order valence-electron chi connectivity index (χ3n) is 3.27. The van der Waals surface area contributed by atoms with Crippen molar-refractivity contribution in [3.05, 3.63) is 40.9 Å². The minimum Gasteiger partial charge on any atom is -0.462 e. The second-order valence-corrected chi connectivity index (χ2v) is 6.21. The molecule has 3 rings (SSSR count). The number of tetrazole rings is 1. The third-order valence-corrected chi connectivity index (χ3v) is 4.33. The molecule has 0 aliphatic carbocycles. The molecule has 9 nitrogen and oxygen atoms in total. The monoisotopic (exact) mass is 372 g/mol. The predicted molar refractivity (Wildman–Crippen MR) is 94.7 cm³/mol. The van der Waals surface area contributed by atoms with Gasteiger partial charge in [-0.3, -0.25) is 4.79 Å². The molecule has 2 heterocycles. The summed E-state index contributed by atoms with van der Waals surface area (Å²) in [5.41, 5.74) is 1.32. The minimum absolute atomic E-state index is 0.118. The summed E-state index contributed by atoms with van der Waals surface area (Å²) in [5, 5.41) is 14.9. The van der Waals surface area contributed by atoms with Gasteiger partial charge in [0.2, 0.25) is 11.7 Å². The molecule has 0 aliphatic heterocycles. The van der Waals surface area contributed by atoms with E-state index in [4.69, 9.17) is 4.74 Å². The molecule has 134 valence electrons. The first-order chi connectivity index (χ1) is 12.6. The number of carbonyl (C=O) groups is 2. The zero-order chi connectivity index (χ0) is 18.5. The lowest BCUT2D eigenvalue weighted by atomic mass is 10.2. The maximum atomic E-state index is 12.2. The number of hydrogen-bond donors (Lipinski definition) is 1. The Morgan fingerprint density at radius 2 is 2.04 bits per heavy atom. The highest BCUT2D eigenvalue weighted by atomic mass is 32.1. The fourth-order valence-electron chi connectivity index (χ4n) is 2.14. The number of carbonyl (C=O) groups excluding carboxylic acids is 2. The molecule has 1 N–H and O–H groups in total. The van der Waals surface area contributed by atoms with Crippen molar-refractivity contribution in [1.82, 2.24) is 25.2 Å². The van der Waals surface area contributed by atoms with Gasteiger partial charge in [0.25, 0.3) is 0 Å². The average Bonchev–Trinajstić information content (AvgIpc) is 3.22. The lowest BCUT2D eigenvalue weighted by molar-refractivity contribution is -0.117. The van der Waals surface area contributed by atoms with Gasteiger partial charge < -0.3 is 10.1 Å². The van der Waals surface area contributed by atoms with Gasteiger partial charge in [-0.25, -0.2) is 9.78 Å². The Labute approximate surface area is 153 Å². The fourth-order valence-corrected chi connectivity index (χ4v) is 3.01. The molecule has 0 saturated carbocycles. The molecule has 0 spiro atoms. The Morgan fingerprint density at radius 1 is 1.27 bits per heavy atom. The van der Waals surface area contributed by atoms with Gasteiger partial charge in [-0.05, 0) is 19.1 Å². The van der Waals surface area contributed by atoms with E-state index in [1.54, 1.807) is 13.8 Å². The van der Waals surface area contributed by atoms with Crippen LogP contribution in [0.2, 0.25) is 0 Å². The quantitative estimate of drug-likeness (QED) is 0.658. The zero-order valence-corrected chi connectivity index (χ0v) is 15.0. The van der Waals surface area contributed by atoms with Crippen LogP contribution < -0.4 is 5.32 Å². The summed E-state index contributed by atoms with van der Waals surface area (Å²) >= 11 is 1.07. The predicted octanol–water partition coefficient (Wildman–Crippen LogP) is 1.92. The van der Waals surface area contributed by atoms with Gasteiger partial charge in [0.1, 0.15) is 11.4 Å². The van der Waals surface area contributed by atoms with Crippen LogP contribution in [0.4, 0.5) is 5.13 Å². The number of nitrogens with zero attached hydrogens (tertiary/aromatic N) is 5. The molecule has 0 atom stereocenters. The second kappa shape index (κ2) is 7.83. The molecule has 0 unspecified atom stereocenters. The van der Waals surface area contributed by atoms with Crippen molar-refractivity contribution in [1.29, 1.82) is 0 Å². The van der Waals surface area contributed by atoms with Crippen molar-refractivity contribution in [3.63, 3.8) is 0 Å². The second-order valence-electron chi connectivity index (χ2n) is 5.21. The van der Waals surface area contributed by atoms with Crippen LogP contribution in [-0.2, 0) is 16.1 Å². The first kappa shape index (κ1) is 17.7. The number of hydrogen-bond acceptors (Lipinski definition) is 8. The third kappa shape index (κ3) is 4.09. The van der Waals surface area contributed by atoms with Gasteiger partial charge in [-0.15, -0.1) is 10.2 Å². The van der Waals surface area contributed by atoms with Crippen molar-refractivity contribution in [2.45, 2.75) is 20.4 Å². The van der Waals surface area contributed by atoms with Crippen LogP contribution in [0.15, 0.2) is 30.3 Å². The first-order valence-corrected chi connectivity index (χ1v) is 8.66. The summed E-state index contributed by atoms with van der Waals surface area (Å²) in [6.45, 7) is 3.57. The summed E-state index contributed by atoms with van der Waals surface area (Å²) < 4.78 is 4.95. The maximum Gasteiger partial charge on any atom is 0.350 e. The van der Waals surface area contributed by atoms with E-state index in [0.717, 1.165) is 16.9 Å². The number of thiazole rings is 1. The SMILES string of the molecule is CCOC(=O)c1sc(NC(=O)Cn2nnc(-c3ccccc3)n2)nc1C. The number of rotatable bonds is 6. The van der Waals surface area contributed by atoms with Crippen LogP contribution in [0.25, 0.3) is 11.4 Å². The van der Waals surface area contributed by atoms with Crippen molar-refractivity contribution >= 4 is 28.3 Å². The highest BCUT2D eigenvalue weighted by Gasteiger charge is 2.18. The number of ether oxygens (including phenoxy) is 1. The molecule has 26 heavy (non-hydrogen) atoms. The smallest absolute Gasteiger partial charge is 0.350 e. The summed E-state index contributed by atoms with van der Waals surface area (Å²) in [6.07, 6.45) is 0. The van der Waals surface area contributed by atoms with Crippen molar-refractivity contribution in [2.75, 3.05) is 11.9 Å². The van der Waals surface area contributed by atoms with E-state index in [1.165, 1.54) is 4.80 Å². The number of benzene rings is 1. The van der Waals surface area contributed by atoms with Crippen molar-refractivity contribution in [2.24, 2.45) is 0 Å². The van der Waals surface area contributed by atoms with Crippen LogP contribution >= 0.6 is 11.3 Å². The standard InChI is InChI=1S/C16H16N6O3S/c1-3-25-15(24)13-10(2)17-16(26-13)18-12(23)9-22-20-14(19-21-22)11-7-5-4-6-8-11/h4-8H,3,9H2,1-2H3,(H,17,18,23). The molecule has 2 aromatic heterocycles. The van der Waals surface area contributed by atoms with Gasteiger partial charge in [0.05, 0.1) is 12.3 Å². The molecule has 1 aromatic carbocycles. The summed E-state index contributed by atoms with van der Waals surface area (Å²) in [7, 11) is 0. The molecule has 0 bridgehead atoms. The van der Waals surface area contributed by atoms with Crippen LogP contribution in [0, 0.1) is 6.92 Å². The number of amides is 1. The molecular weight excluding hydrogens is 356 g/mol. The van der Waals surface area contributed by atoms with Gasteiger partial charge in [0, 0.05) is 5.56 Å². The van der Waals surface area contributed by atoms with Crippen molar-refractivity contribution < 1.29 is 14.3 Å². The molecular formula is C16H16N6O3S. The first-order valence-electron chi connectivity index (χ1n) is 7.84. The van der Waals surface area contributed by atoms with Crippen LogP contribution in [0.5, 0.6) is 0 Å². The van der Waals surface area contributed by atoms with E-state index in [-0.39, 0.29) is 19.1 Å². The Bertz CT molecular complexity index is 921. The van der Waals surface area contributed by atoms with E-state index in [1.807, 2.05) is 30.3 Å². The van der Waals surface area contributed by atoms with E-state index < -0.39 is 5.97 Å². The van der Waals surface area contributed by atoms with Crippen LogP contribution in [0.3, 0.4) is 0 Å². The minimum atomic E-state index is -0.451. The molecule has 0 radical (unpaired) electrons. The molecule has 0 fully saturated rings. The Hall–Kier alpha value is -3.14. The molecule has 0 saturated heterocycles. The van der Waals surface area contributed by atoms with E-state index in [2.05, 4.69) is 25.7 Å². The van der Waals surface area contributed by atoms with Crippen LogP contribution in [0.1, 0.15) is 22.3 Å². The highest BCUT2D eigenvalue weighted by molar-refractivity contribution is 7.17. The number of nitrogens with one attached hydrogen (secondary N) is 1. The van der Waals surface area contributed by atoms with Crippen molar-refractivity contribution in [3.8, 4) is 11.4 Å². The Balaban J connectivity index is 1.64. The van der Waals surface area contributed by atoms with Gasteiger partial charge in [0.15, 0.2) is 5.13 Å². The molecule has 0 aliphatic rings. The summed E-state index contributed by atoms with van der Waals surface area (Å²) in [5.74, 6) is -0.382. The van der Waals surface area contributed by atoms with Crippen LogP contribution in [-0.4, -0.2) is 43.7 Å². The Morgan fingerprint density at radius 3 is 2.77 bits per heavy atom. The molecule has 3 aromatic rings. The fraction of sp³-hybridized carbons (Fsp3) is 0.250. The molecule has 10 heteroatoms. The summed E-state index contributed by atoms with van der Waals surface area (Å²) in [4.78, 5) is 29.7. The number of aromatic nitrogens is 5. The van der Waals surface area contributed by atoms with E-state index >= 15 is 0 Å². The molecule has 1 amide bonds. The lowest BCUT2D eigenvalue weighted by Gasteiger charge is -2.00. The van der Waals surface area contributed by atoms with E-state index in [0.29, 0.717) is 21.5 Å². The maximum absolute atomic E-state index is 12.2. The number of aryl methyl sites for hydroxylation is 1. The average molecular weight is 372 g/mol. The largest absolute Gasteiger partial charge is 0.462 e. The lowest BCUT2D eigenvalue weighted by Crippen LogP contribution is -2.20. The van der Waals surface area contributed by atoms with E-state index in [9.17, 15) is 9.59 Å². The number of esters is 1. The highest BCUT2D eigenvalue weighted by Crippen LogP contribution is 2.23. The Kier molecular flexibility index (Phi) is 5.32. The zero-order valence-electron chi connectivity index (χ0n) is 14.2. The topological polar surface area (TPSA) is 112 Å².